The zero-order valence-electron chi connectivity index (χ0n) is 24.1. The molecule has 0 saturated carbocycles. The van der Waals surface area contributed by atoms with Gasteiger partial charge in [0, 0.05) is 25.2 Å². The number of likely N-dealkylation sites (N-methyl/N-ethyl adjacent to an activating group) is 1. The third-order valence-corrected chi connectivity index (χ3v) is 7.11. The molecule has 4 N–H and O–H groups in total. The van der Waals surface area contributed by atoms with Crippen LogP contribution < -0.4 is 20.7 Å². The third kappa shape index (κ3) is 6.79. The van der Waals surface area contributed by atoms with Gasteiger partial charge in [-0.3, -0.25) is 4.79 Å². The Morgan fingerprint density at radius 3 is 2.52 bits per heavy atom. The molecule has 42 heavy (non-hydrogen) atoms. The van der Waals surface area contributed by atoms with Crippen LogP contribution in [0.25, 0.3) is 0 Å². The smallest absolute Gasteiger partial charge is 0.323 e. The molecule has 2 heterocycles. The molecule has 2 aromatic carbocycles. The summed E-state index contributed by atoms with van der Waals surface area (Å²) < 4.78 is 24.8. The van der Waals surface area contributed by atoms with Crippen molar-refractivity contribution in [2.75, 3.05) is 42.7 Å². The highest BCUT2D eigenvalue weighted by atomic mass is 19.1. The number of fused-ring (bicyclic) bond motifs is 1. The lowest BCUT2D eigenvalue weighted by atomic mass is 9.99. The van der Waals surface area contributed by atoms with E-state index in [9.17, 15) is 23.9 Å². The van der Waals surface area contributed by atoms with E-state index >= 15 is 0 Å². The number of hydrogen-bond acceptors (Lipinski definition) is 7. The second-order valence-electron chi connectivity index (χ2n) is 10.4. The molecule has 3 atom stereocenters. The average molecular weight is 583 g/mol. The normalized spacial score (nSPS) is 17.3. The van der Waals surface area contributed by atoms with Gasteiger partial charge in [-0.1, -0.05) is 18.1 Å². The van der Waals surface area contributed by atoms with Crippen LogP contribution in [0.5, 0.6) is 5.75 Å². The molecule has 0 unspecified atom stereocenters. The molecular weight excluding hydrogens is 547 g/mol. The average Bonchev–Trinajstić information content (AvgIpc) is 3.27. The van der Waals surface area contributed by atoms with E-state index in [2.05, 4.69) is 21.1 Å². The number of nitrogens with one attached hydrogen (secondary N) is 3. The minimum absolute atomic E-state index is 0.114. The number of urea groups is 2. The van der Waals surface area contributed by atoms with Gasteiger partial charge in [-0.05, 0) is 57.2 Å². The number of aryl methyl sites for hydroxylation is 2. The predicted octanol–water partition coefficient (Wildman–Crippen LogP) is 4.46. The van der Waals surface area contributed by atoms with Gasteiger partial charge in [-0.25, -0.2) is 14.0 Å². The van der Waals surface area contributed by atoms with E-state index in [0.717, 1.165) is 0 Å². The monoisotopic (exact) mass is 582 g/mol. The van der Waals surface area contributed by atoms with Crippen molar-refractivity contribution in [1.82, 2.24) is 15.0 Å². The van der Waals surface area contributed by atoms with Gasteiger partial charge in [-0.15, -0.1) is 0 Å². The fourth-order valence-electron chi connectivity index (χ4n) is 4.59. The van der Waals surface area contributed by atoms with Crippen LogP contribution in [0, 0.1) is 25.6 Å². The summed E-state index contributed by atoms with van der Waals surface area (Å²) in [6, 6.07) is 8.68. The zero-order chi connectivity index (χ0) is 30.6. The summed E-state index contributed by atoms with van der Waals surface area (Å²) in [4.78, 5) is 42.6. The minimum atomic E-state index is -0.622. The van der Waals surface area contributed by atoms with Crippen molar-refractivity contribution in [3.05, 3.63) is 65.3 Å². The number of halogens is 1. The Hall–Kier alpha value is -4.65. The van der Waals surface area contributed by atoms with Gasteiger partial charge in [0.15, 0.2) is 11.5 Å². The maximum Gasteiger partial charge on any atom is 0.323 e. The molecule has 0 fully saturated rings. The van der Waals surface area contributed by atoms with Crippen LogP contribution >= 0.6 is 0 Å². The lowest BCUT2D eigenvalue weighted by molar-refractivity contribution is 0.0373. The third-order valence-electron chi connectivity index (χ3n) is 7.11. The Labute approximate surface area is 242 Å². The van der Waals surface area contributed by atoms with Gasteiger partial charge in [0.2, 0.25) is 0 Å². The van der Waals surface area contributed by atoms with Crippen LogP contribution in [0.4, 0.5) is 31.0 Å². The first-order chi connectivity index (χ1) is 20.0. The SMILES string of the molecule is Cc1noc(C)c1NC(=O)Nc1cccc2c1O[C@H](CN(C)C(=O)Nc1ccc(F)cc1)[C@@H](C)CN([C@H](C)CO)C2=O. The fraction of sp³-hybridized carbons (Fsp3) is 0.379. The Kier molecular flexibility index (Phi) is 9.31. The zero-order valence-corrected chi connectivity index (χ0v) is 24.1. The molecule has 1 aliphatic heterocycles. The summed E-state index contributed by atoms with van der Waals surface area (Å²) in [6.07, 6.45) is -0.622. The number of para-hydroxylation sites is 1. The number of hydrogen-bond donors (Lipinski definition) is 4. The number of benzene rings is 2. The molecule has 224 valence electrons. The summed E-state index contributed by atoms with van der Waals surface area (Å²) in [5, 5.41) is 21.9. The highest BCUT2D eigenvalue weighted by Crippen LogP contribution is 2.35. The first-order valence-electron chi connectivity index (χ1n) is 13.5. The van der Waals surface area contributed by atoms with Crippen LogP contribution in [-0.2, 0) is 0 Å². The Bertz CT molecular complexity index is 1430. The maximum absolute atomic E-state index is 13.7. The van der Waals surface area contributed by atoms with E-state index in [0.29, 0.717) is 22.8 Å². The van der Waals surface area contributed by atoms with Gasteiger partial charge in [0.25, 0.3) is 5.91 Å². The van der Waals surface area contributed by atoms with Crippen molar-refractivity contribution in [3.8, 4) is 5.75 Å². The summed E-state index contributed by atoms with van der Waals surface area (Å²) in [5.74, 6) is -0.509. The summed E-state index contributed by atoms with van der Waals surface area (Å²) in [6.45, 7) is 7.09. The van der Waals surface area contributed by atoms with Crippen molar-refractivity contribution < 1.29 is 33.1 Å². The highest BCUT2D eigenvalue weighted by Gasteiger charge is 2.35. The number of aromatic nitrogens is 1. The standard InChI is InChI=1S/C29H35FN6O6/c1-16-13-36(17(2)15-37)27(38)22-7-6-8-23(32-28(39)33-25-18(3)34-42-19(25)4)26(22)41-24(16)14-35(5)29(40)31-21-11-9-20(30)10-12-21/h6-12,16-17,24,37H,13-15H2,1-5H3,(H,31,40)(H2,32,33,39)/t16-,17+,24+/m0/s1. The quantitative estimate of drug-likeness (QED) is 0.321. The molecule has 1 aliphatic rings. The molecule has 0 aliphatic carbocycles. The van der Waals surface area contributed by atoms with Crippen molar-refractivity contribution in [1.29, 1.82) is 0 Å². The molecule has 0 spiro atoms. The van der Waals surface area contributed by atoms with Crippen molar-refractivity contribution in [2.24, 2.45) is 5.92 Å². The van der Waals surface area contributed by atoms with Crippen LogP contribution in [0.15, 0.2) is 47.0 Å². The van der Waals surface area contributed by atoms with Gasteiger partial charge in [0.05, 0.1) is 30.4 Å². The van der Waals surface area contributed by atoms with Gasteiger partial charge in [-0.2, -0.15) is 0 Å². The number of rotatable bonds is 7. The Morgan fingerprint density at radius 2 is 1.88 bits per heavy atom. The second-order valence-corrected chi connectivity index (χ2v) is 10.4. The number of carbonyl (C=O) groups is 3. The molecule has 0 saturated heterocycles. The van der Waals surface area contributed by atoms with Gasteiger partial charge >= 0.3 is 12.1 Å². The van der Waals surface area contributed by atoms with E-state index < -0.39 is 30.0 Å². The van der Waals surface area contributed by atoms with Crippen LogP contribution in [0.2, 0.25) is 0 Å². The number of amides is 5. The Balaban J connectivity index is 1.62. The highest BCUT2D eigenvalue weighted by molar-refractivity contribution is 6.04. The van der Waals surface area contributed by atoms with Crippen molar-refractivity contribution in [2.45, 2.75) is 39.8 Å². The first kappa shape index (κ1) is 30.3. The topological polar surface area (TPSA) is 149 Å². The van der Waals surface area contributed by atoms with Crippen LogP contribution in [-0.4, -0.2) is 76.9 Å². The molecule has 0 radical (unpaired) electrons. The van der Waals surface area contributed by atoms with E-state index in [1.54, 1.807) is 50.9 Å². The molecule has 13 heteroatoms. The molecule has 4 rings (SSSR count). The number of aliphatic hydroxyl groups excluding tert-OH is 1. The number of aliphatic hydroxyl groups is 1. The van der Waals surface area contributed by atoms with Gasteiger partial charge in [0.1, 0.15) is 23.3 Å². The summed E-state index contributed by atoms with van der Waals surface area (Å²) in [7, 11) is 1.59. The molecule has 0 bridgehead atoms. The molecular formula is C29H35FN6O6. The Morgan fingerprint density at radius 1 is 1.17 bits per heavy atom. The lowest BCUT2D eigenvalue weighted by Crippen LogP contribution is -2.50. The number of carbonyl (C=O) groups excluding carboxylic acids is 3. The van der Waals surface area contributed by atoms with E-state index in [4.69, 9.17) is 9.26 Å². The number of ether oxygens (including phenoxy) is 1. The summed E-state index contributed by atoms with van der Waals surface area (Å²) >= 11 is 0. The minimum Gasteiger partial charge on any atom is -0.485 e. The van der Waals surface area contributed by atoms with Crippen molar-refractivity contribution >= 4 is 35.0 Å². The fourth-order valence-corrected chi connectivity index (χ4v) is 4.59. The molecule has 3 aromatic rings. The summed E-state index contributed by atoms with van der Waals surface area (Å²) in [5.41, 5.74) is 1.78. The second kappa shape index (κ2) is 12.9. The maximum atomic E-state index is 13.7. The van der Waals surface area contributed by atoms with Gasteiger partial charge < -0.3 is 40.1 Å². The van der Waals surface area contributed by atoms with Crippen LogP contribution in [0.1, 0.15) is 35.7 Å². The number of anilines is 3. The van der Waals surface area contributed by atoms with E-state index in [1.165, 1.54) is 29.2 Å². The van der Waals surface area contributed by atoms with E-state index in [1.807, 2.05) is 6.92 Å². The largest absolute Gasteiger partial charge is 0.485 e. The van der Waals surface area contributed by atoms with E-state index in [-0.39, 0.29) is 48.5 Å². The van der Waals surface area contributed by atoms with Crippen molar-refractivity contribution in [3.63, 3.8) is 0 Å². The molecule has 5 amide bonds. The molecule has 12 nitrogen and oxygen atoms in total. The predicted molar refractivity (Wildman–Crippen MR) is 154 cm³/mol. The molecule has 1 aromatic heterocycles. The lowest BCUT2D eigenvalue weighted by Gasteiger charge is -2.38. The number of nitrogens with zero attached hydrogens (tertiary/aromatic N) is 3. The first-order valence-corrected chi connectivity index (χ1v) is 13.5. The van der Waals surface area contributed by atoms with Crippen LogP contribution in [0.3, 0.4) is 0 Å².